The van der Waals surface area contributed by atoms with Gasteiger partial charge in [-0.2, -0.15) is 0 Å². The average molecular weight is 1900 g/mol. The minimum atomic E-state index is -2.39. The zero-order valence-electron chi connectivity index (χ0n) is 71.7. The van der Waals surface area contributed by atoms with Gasteiger partial charge in [0.05, 0.1) is 54.8 Å². The van der Waals surface area contributed by atoms with E-state index in [1.807, 2.05) is 0 Å². The van der Waals surface area contributed by atoms with Crippen molar-refractivity contribution < 1.29 is 172 Å². The first-order valence-electron chi connectivity index (χ1n) is 42.8. The Labute approximate surface area is 767 Å². The van der Waals surface area contributed by atoms with Crippen LogP contribution < -0.4 is 67.6 Å². The van der Waals surface area contributed by atoms with E-state index in [1.54, 1.807) is 0 Å². The van der Waals surface area contributed by atoms with Crippen LogP contribution in [0.15, 0.2) is 133 Å². The number of nitrogens with one attached hydrogen (secondary N) is 7. The molecule has 5 saturated heterocycles. The summed E-state index contributed by atoms with van der Waals surface area (Å²) >= 11 is 7.45. The minimum absolute atomic E-state index is 0.0136. The summed E-state index contributed by atoms with van der Waals surface area (Å²) in [5.41, 5.74) is 10.7. The third-order valence-electron chi connectivity index (χ3n) is 24.7. The second kappa shape index (κ2) is 40.9. The Hall–Kier alpha value is -10.9. The molecule has 11 bridgehead atoms. The second-order valence-electron chi connectivity index (χ2n) is 33.9. The number of aliphatic carboxylic acids is 1. The van der Waals surface area contributed by atoms with Gasteiger partial charge in [0, 0.05) is 48.7 Å². The van der Waals surface area contributed by atoms with Crippen molar-refractivity contribution in [3.05, 3.63) is 177 Å². The number of amides is 5. The maximum Gasteiger partial charge on any atom is 0.325 e. The van der Waals surface area contributed by atoms with Crippen molar-refractivity contribution in [2.45, 2.75) is 229 Å². The van der Waals surface area contributed by atoms with Gasteiger partial charge in [-0.3, -0.25) is 34.1 Å². The van der Waals surface area contributed by atoms with E-state index in [4.69, 9.17) is 79.9 Å². The van der Waals surface area contributed by atoms with Crippen LogP contribution in [0.4, 0.5) is 0 Å². The van der Waals surface area contributed by atoms with Crippen molar-refractivity contribution in [2.24, 2.45) is 11.5 Å². The monoisotopic (exact) mass is 1890 g/mol. The highest BCUT2D eigenvalue weighted by Gasteiger charge is 2.53. The van der Waals surface area contributed by atoms with Crippen molar-refractivity contribution in [1.82, 2.24) is 37.2 Å². The van der Waals surface area contributed by atoms with E-state index < -0.39 is 318 Å². The van der Waals surface area contributed by atoms with Crippen LogP contribution in [0.5, 0.6) is 57.5 Å². The fourth-order valence-electron chi connectivity index (χ4n) is 17.3. The highest BCUT2D eigenvalue weighted by molar-refractivity contribution is 6.32. The highest BCUT2D eigenvalue weighted by Crippen LogP contribution is 2.50. The number of aliphatic hydroxyl groups is 12. The number of phenolic OH excluding ortho intramolecular Hbond substituents is 4. The molecule has 5 amide bonds. The molecule has 32 atom stereocenters. The van der Waals surface area contributed by atoms with Crippen LogP contribution in [0.3, 0.4) is 0 Å². The number of aromatic hydroxyl groups is 4. The number of carbonyl (C=O) groups excluding carboxylic acids is 5. The summed E-state index contributed by atoms with van der Waals surface area (Å²) < 4.78 is 76.5. The SMILES string of the molecule is CN[C@H](C(=O)N[C@H]1C(=O)NC(c2ccc(O)cc2)C(=O)NC2C(=O)NC3C(=O)NC(CNC(C(=O)O)c4cc(O)cc(O)c4-c4cc3ccc4O)[C@@H](O[C@H]3O[C@H](CO)[C@@H](O)[C@H](O)[C@@H]3O)c3ccc(c(Cl)c3)Oc3cc2cc(c3O[C@H]2O[C@H](CO)[C@@H](O)[C@H](O)[C@H]2O[C@@H]2C[C@H](N)[C@H](O)[C@@H](C)O2)Oc2ccc(cc2)[C@@H]1O[C@H]1C[C@@H](N)[C@@H](O)[C@H](C)O1)c1ccc(O[C@H]2O[C@@H](C)[C@H](O)[C@@H](O)[C@H]2O)cc1. The van der Waals surface area contributed by atoms with Gasteiger partial charge in [-0.1, -0.05) is 60.1 Å². The summed E-state index contributed by atoms with van der Waals surface area (Å²) in [6.45, 7) is 1.58. The molecule has 28 N–H and O–H groups in total. The molecule has 0 aliphatic carbocycles. The van der Waals surface area contributed by atoms with E-state index in [0.717, 1.165) is 54.6 Å². The molecule has 0 saturated carbocycles. The number of ether oxygens (including phenoxy) is 12. The Morgan fingerprint density at radius 3 is 1.67 bits per heavy atom. The lowest BCUT2D eigenvalue weighted by atomic mass is 9.89. The number of hydrogen-bond donors (Lipinski definition) is 26. The molecule has 134 heavy (non-hydrogen) atoms. The molecular formula is C89H104ClN9O35. The normalized spacial score (nSPS) is 34.4. The van der Waals surface area contributed by atoms with Crippen LogP contribution in [-0.2, 0) is 66.7 Å². The number of fused-ring (bicyclic) bond motifs is 15. The van der Waals surface area contributed by atoms with Crippen LogP contribution in [0.25, 0.3) is 11.1 Å². The van der Waals surface area contributed by atoms with Crippen molar-refractivity contribution in [1.29, 1.82) is 0 Å². The number of likely N-dealkylation sites (N-methyl/N-ethyl adjacent to an activating group) is 1. The average Bonchev–Trinajstić information content (AvgIpc) is 0.764. The number of benzene rings is 7. The molecule has 0 spiro atoms. The molecule has 44 nitrogen and oxygen atoms in total. The summed E-state index contributed by atoms with van der Waals surface area (Å²) in [4.78, 5) is 95.7. The minimum Gasteiger partial charge on any atom is -0.508 e. The van der Waals surface area contributed by atoms with E-state index in [1.165, 1.54) is 107 Å². The fourth-order valence-corrected chi connectivity index (χ4v) is 17.5. The zero-order chi connectivity index (χ0) is 96.0. The molecule has 0 radical (unpaired) electrons. The molecule has 722 valence electrons. The maximum absolute atomic E-state index is 16.9. The van der Waals surface area contributed by atoms with Crippen LogP contribution in [0, 0.1) is 0 Å². The fraction of sp³-hybridized carbons (Fsp3) is 0.461. The zero-order valence-corrected chi connectivity index (χ0v) is 72.5. The first kappa shape index (κ1) is 97.6. The van der Waals surface area contributed by atoms with E-state index >= 15 is 24.0 Å². The van der Waals surface area contributed by atoms with Crippen molar-refractivity contribution in [3.8, 4) is 68.6 Å². The molecule has 5 fully saturated rings. The van der Waals surface area contributed by atoms with E-state index in [2.05, 4.69) is 37.2 Å². The lowest BCUT2D eigenvalue weighted by Crippen LogP contribution is -2.62. The molecule has 0 aromatic heterocycles. The molecule has 45 heteroatoms. The molecule has 5 unspecified atom stereocenters. The Morgan fingerprint density at radius 1 is 0.500 bits per heavy atom. The van der Waals surface area contributed by atoms with Gasteiger partial charge in [0.25, 0.3) is 0 Å². The Bertz CT molecular complexity index is 5390. The van der Waals surface area contributed by atoms with Crippen LogP contribution >= 0.6 is 11.6 Å². The largest absolute Gasteiger partial charge is 0.508 e. The number of rotatable bonds is 18. The van der Waals surface area contributed by atoms with Crippen molar-refractivity contribution in [3.63, 3.8) is 0 Å². The lowest BCUT2D eigenvalue weighted by molar-refractivity contribution is -0.330. The first-order valence-corrected chi connectivity index (χ1v) is 43.2. The molecular weight excluding hydrogens is 1790 g/mol. The maximum atomic E-state index is 16.9. The smallest absolute Gasteiger partial charge is 0.325 e. The number of aliphatic hydroxyl groups excluding tert-OH is 12. The van der Waals surface area contributed by atoms with Gasteiger partial charge in [0.15, 0.2) is 36.5 Å². The molecule has 7 aromatic carbocycles. The van der Waals surface area contributed by atoms with Crippen LogP contribution in [-0.4, -0.2) is 302 Å². The molecule has 10 aliphatic rings. The lowest BCUT2D eigenvalue weighted by Gasteiger charge is -2.44. The number of carboxylic acids is 1. The molecule has 10 aliphatic heterocycles. The molecule has 17 rings (SSSR count). The summed E-state index contributed by atoms with van der Waals surface area (Å²) in [6, 6.07) is 10.2. The second-order valence-corrected chi connectivity index (χ2v) is 34.3. The van der Waals surface area contributed by atoms with Gasteiger partial charge < -0.3 is 187 Å². The van der Waals surface area contributed by atoms with E-state index in [-0.39, 0.29) is 57.9 Å². The van der Waals surface area contributed by atoms with Crippen LogP contribution in [0.2, 0.25) is 5.02 Å². The predicted octanol–water partition coefficient (Wildman–Crippen LogP) is -2.06. The highest BCUT2D eigenvalue weighted by atomic mass is 35.5. The van der Waals surface area contributed by atoms with Gasteiger partial charge in [-0.25, -0.2) is 0 Å². The topological polar surface area (TPSA) is 693 Å². The number of halogens is 1. The standard InChI is InChI=1S/C89H104ClN9O35/c1-32-67(106)48(91)27-58(123-32)131-78-37-9-17-43(18-10-37)126-54-23-40-24-55(79(54)134-89-80(74(113)71(110)57(31-101)130-89)132-59-28-49(92)68(107)33(2)124-59)128-53-20-12-39(22-47(53)90)77(133-88-76(115)73(112)70(109)56(30-100)129-88)50-29-94-65(86(121)122)46-25-42(103)26-52(105)60(46)45-21-38(11-19-51(45)104)63(82(117)95-50)97-84(119)64(40)98-83(118)62(36-5-13-41(102)14-6-36)96-85(120)66(78)99-81(116)61(93-4)35-7-15-44(16-8-35)127-87-75(114)72(111)69(108)34(3)125-87/h5-26,32-34,48-50,56-59,61-78,80,87-89,93-94,100-115H,27-31,91-92H2,1-4H3,(H,95,117)(H,96,120)(H,97,119)(H,98,118)(H,99,116)(H,121,122)/t32-,33+,34-,48+,49-,50?,56+,57+,58-,59+,61-,62?,63?,64?,65?,66+,67-,68+,69-,70+,71+,72+,73-,74-,75+,76-,77-,78-,80+,87+,88+,89+/m0/s1. The summed E-state index contributed by atoms with van der Waals surface area (Å²) in [5.74, 6) is -13.1. The Morgan fingerprint density at radius 2 is 1.05 bits per heavy atom. The number of carboxylic acid groups (broad SMARTS) is 1. The van der Waals surface area contributed by atoms with E-state index in [9.17, 15) is 91.6 Å². The van der Waals surface area contributed by atoms with Crippen molar-refractivity contribution in [2.75, 3.05) is 26.8 Å². The third kappa shape index (κ3) is 20.5. The molecule has 7 aromatic rings. The number of phenols is 4. The van der Waals surface area contributed by atoms with Crippen molar-refractivity contribution >= 4 is 47.1 Å². The van der Waals surface area contributed by atoms with Gasteiger partial charge in [-0.05, 0) is 146 Å². The Kier molecular flexibility index (Phi) is 29.8. The quantitative estimate of drug-likeness (QED) is 0.0439. The predicted molar refractivity (Wildman–Crippen MR) is 456 cm³/mol. The summed E-state index contributed by atoms with van der Waals surface area (Å²) in [7, 11) is 1.40. The van der Waals surface area contributed by atoms with Gasteiger partial charge in [0.2, 0.25) is 47.9 Å². The summed E-state index contributed by atoms with van der Waals surface area (Å²) in [6.07, 6.45) is -38.8. The summed E-state index contributed by atoms with van der Waals surface area (Å²) in [5, 5.41) is 209. The first-order chi connectivity index (χ1) is 63.9. The number of hydrogen-bond acceptors (Lipinski definition) is 38. The van der Waals surface area contributed by atoms with Gasteiger partial charge in [0.1, 0.15) is 150 Å². The van der Waals surface area contributed by atoms with Crippen LogP contribution in [0.1, 0.15) is 115 Å². The van der Waals surface area contributed by atoms with Gasteiger partial charge >= 0.3 is 5.97 Å². The van der Waals surface area contributed by atoms with E-state index in [0.29, 0.717) is 0 Å². The molecule has 10 heterocycles. The number of carbonyl (C=O) groups is 6. The van der Waals surface area contributed by atoms with Gasteiger partial charge in [-0.15, -0.1) is 0 Å². The third-order valence-corrected chi connectivity index (χ3v) is 25.0. The Balaban J connectivity index is 0.944. The number of nitrogens with two attached hydrogens (primary N) is 2.